The van der Waals surface area contributed by atoms with Gasteiger partial charge in [0.15, 0.2) is 11.5 Å². The number of hydrogen-bond donors (Lipinski definition) is 2. The molecule has 0 heterocycles. The largest absolute Gasteiger partial charge is 0.493 e. The van der Waals surface area contributed by atoms with Crippen LogP contribution in [-0.4, -0.2) is 26.1 Å². The molecule has 0 atom stereocenters. The zero-order chi connectivity index (χ0) is 18.9. The zero-order valence-electron chi connectivity index (χ0n) is 15.0. The summed E-state index contributed by atoms with van der Waals surface area (Å²) in [5.41, 5.74) is 6.75. The molecule has 2 aromatic rings. The van der Waals surface area contributed by atoms with Gasteiger partial charge in [0.05, 0.1) is 7.11 Å². The Hall–Kier alpha value is -1.66. The van der Waals surface area contributed by atoms with Gasteiger partial charge in [-0.25, -0.2) is 0 Å². The van der Waals surface area contributed by atoms with Crippen LogP contribution in [0.25, 0.3) is 0 Å². The van der Waals surface area contributed by atoms with Crippen molar-refractivity contribution in [1.82, 2.24) is 5.32 Å². The van der Waals surface area contributed by atoms with E-state index in [0.29, 0.717) is 40.2 Å². The number of amides is 1. The topological polar surface area (TPSA) is 73.6 Å². The van der Waals surface area contributed by atoms with Crippen molar-refractivity contribution in [1.29, 1.82) is 0 Å². The summed E-state index contributed by atoms with van der Waals surface area (Å²) >= 11 is 12.0. The SMILES string of the molecule is COc1cc(C(=O)NCCCCN)ccc1OCc1ccc(Cl)cc1Cl.Cl. The normalized spacial score (nSPS) is 10.1. The van der Waals surface area contributed by atoms with E-state index < -0.39 is 0 Å². The van der Waals surface area contributed by atoms with Crippen LogP contribution in [0.5, 0.6) is 11.5 Å². The maximum Gasteiger partial charge on any atom is 0.251 e. The first kappa shape index (κ1) is 23.4. The highest BCUT2D eigenvalue weighted by Crippen LogP contribution is 2.30. The van der Waals surface area contributed by atoms with E-state index in [9.17, 15) is 4.79 Å². The highest BCUT2D eigenvalue weighted by molar-refractivity contribution is 6.35. The van der Waals surface area contributed by atoms with Gasteiger partial charge in [0.1, 0.15) is 6.61 Å². The van der Waals surface area contributed by atoms with Crippen molar-refractivity contribution in [2.75, 3.05) is 20.2 Å². The maximum atomic E-state index is 12.2. The summed E-state index contributed by atoms with van der Waals surface area (Å²) in [7, 11) is 1.53. The van der Waals surface area contributed by atoms with Gasteiger partial charge < -0.3 is 20.5 Å². The Morgan fingerprint density at radius 2 is 1.89 bits per heavy atom. The number of carbonyl (C=O) groups excluding carboxylic acids is 1. The minimum Gasteiger partial charge on any atom is -0.493 e. The average Bonchev–Trinajstić information content (AvgIpc) is 2.64. The number of nitrogens with two attached hydrogens (primary N) is 1. The highest BCUT2D eigenvalue weighted by atomic mass is 35.5. The number of unbranched alkanes of at least 4 members (excludes halogenated alkanes) is 1. The van der Waals surface area contributed by atoms with Gasteiger partial charge in [-0.2, -0.15) is 0 Å². The van der Waals surface area contributed by atoms with Gasteiger partial charge in [0.25, 0.3) is 5.91 Å². The predicted molar refractivity (Wildman–Crippen MR) is 112 cm³/mol. The molecule has 148 valence electrons. The van der Waals surface area contributed by atoms with Crippen molar-refractivity contribution in [2.45, 2.75) is 19.4 Å². The van der Waals surface area contributed by atoms with Crippen molar-refractivity contribution >= 4 is 41.5 Å². The number of benzene rings is 2. The second kappa shape index (κ2) is 11.9. The van der Waals surface area contributed by atoms with E-state index in [0.717, 1.165) is 18.4 Å². The van der Waals surface area contributed by atoms with Crippen LogP contribution in [-0.2, 0) is 6.61 Å². The molecule has 8 heteroatoms. The molecule has 0 unspecified atom stereocenters. The van der Waals surface area contributed by atoms with Gasteiger partial charge in [-0.15, -0.1) is 12.4 Å². The summed E-state index contributed by atoms with van der Waals surface area (Å²) in [4.78, 5) is 12.2. The summed E-state index contributed by atoms with van der Waals surface area (Å²) < 4.78 is 11.1. The van der Waals surface area contributed by atoms with Crippen molar-refractivity contribution < 1.29 is 14.3 Å². The van der Waals surface area contributed by atoms with Crippen molar-refractivity contribution in [2.24, 2.45) is 5.73 Å². The summed E-state index contributed by atoms with van der Waals surface area (Å²) in [5.74, 6) is 0.843. The van der Waals surface area contributed by atoms with Crippen LogP contribution < -0.4 is 20.5 Å². The van der Waals surface area contributed by atoms with E-state index in [1.54, 1.807) is 36.4 Å². The van der Waals surface area contributed by atoms with Gasteiger partial charge in [-0.3, -0.25) is 4.79 Å². The number of hydrogen-bond acceptors (Lipinski definition) is 4. The second-order valence-electron chi connectivity index (χ2n) is 5.64. The van der Waals surface area contributed by atoms with Crippen LogP contribution in [0, 0.1) is 0 Å². The number of ether oxygens (including phenoxy) is 2. The van der Waals surface area contributed by atoms with Crippen LogP contribution in [0.1, 0.15) is 28.8 Å². The predicted octanol–water partition coefficient (Wildman–Crippen LogP) is 4.47. The molecule has 0 bridgehead atoms. The molecule has 0 saturated heterocycles. The Morgan fingerprint density at radius 3 is 2.56 bits per heavy atom. The number of halogens is 3. The Morgan fingerprint density at radius 1 is 1.11 bits per heavy atom. The molecule has 0 saturated carbocycles. The Bertz CT molecular complexity index is 757. The smallest absolute Gasteiger partial charge is 0.251 e. The molecule has 2 aromatic carbocycles. The maximum absolute atomic E-state index is 12.2. The molecule has 0 aromatic heterocycles. The monoisotopic (exact) mass is 432 g/mol. The van der Waals surface area contributed by atoms with Crippen molar-refractivity contribution in [3.05, 3.63) is 57.6 Å². The fraction of sp³-hybridized carbons (Fsp3) is 0.316. The lowest BCUT2D eigenvalue weighted by atomic mass is 10.2. The van der Waals surface area contributed by atoms with Gasteiger partial charge in [0, 0.05) is 27.7 Å². The van der Waals surface area contributed by atoms with Crippen LogP contribution in [0.2, 0.25) is 10.0 Å². The highest BCUT2D eigenvalue weighted by Gasteiger charge is 2.12. The summed E-state index contributed by atoms with van der Waals surface area (Å²) in [6.45, 7) is 1.47. The van der Waals surface area contributed by atoms with E-state index in [2.05, 4.69) is 5.32 Å². The van der Waals surface area contributed by atoms with E-state index in [-0.39, 0.29) is 24.9 Å². The lowest BCUT2D eigenvalue weighted by molar-refractivity contribution is 0.0952. The quantitative estimate of drug-likeness (QED) is 0.572. The molecule has 3 N–H and O–H groups in total. The molecule has 1 amide bonds. The van der Waals surface area contributed by atoms with Crippen LogP contribution in [0.15, 0.2) is 36.4 Å². The number of carbonyl (C=O) groups is 1. The zero-order valence-corrected chi connectivity index (χ0v) is 17.3. The van der Waals surface area contributed by atoms with Crippen molar-refractivity contribution in [3.8, 4) is 11.5 Å². The third-order valence-corrected chi connectivity index (χ3v) is 4.33. The van der Waals surface area contributed by atoms with Gasteiger partial charge in [-0.1, -0.05) is 29.3 Å². The fourth-order valence-electron chi connectivity index (χ4n) is 2.30. The molecule has 0 radical (unpaired) electrons. The van der Waals surface area contributed by atoms with E-state index in [1.807, 2.05) is 0 Å². The molecule has 0 aliphatic carbocycles. The average molecular weight is 434 g/mol. The Labute approximate surface area is 175 Å². The molecule has 0 spiro atoms. The van der Waals surface area contributed by atoms with Gasteiger partial charge in [0.2, 0.25) is 0 Å². The van der Waals surface area contributed by atoms with Gasteiger partial charge >= 0.3 is 0 Å². The number of methoxy groups -OCH3 is 1. The van der Waals surface area contributed by atoms with E-state index in [1.165, 1.54) is 7.11 Å². The summed E-state index contributed by atoms with van der Waals surface area (Å²) in [6, 6.07) is 10.3. The molecule has 0 aliphatic heterocycles. The van der Waals surface area contributed by atoms with E-state index in [4.69, 9.17) is 38.4 Å². The molecule has 27 heavy (non-hydrogen) atoms. The lowest BCUT2D eigenvalue weighted by Crippen LogP contribution is -2.24. The first-order chi connectivity index (χ1) is 12.5. The first-order valence-corrected chi connectivity index (χ1v) is 9.03. The minimum atomic E-state index is -0.160. The summed E-state index contributed by atoms with van der Waals surface area (Å²) in [5, 5.41) is 3.95. The van der Waals surface area contributed by atoms with Crippen LogP contribution >= 0.6 is 35.6 Å². The molecule has 0 aliphatic rings. The molecule has 5 nitrogen and oxygen atoms in total. The van der Waals surface area contributed by atoms with Crippen LogP contribution in [0.4, 0.5) is 0 Å². The Balaban J connectivity index is 0.00000364. The Kier molecular flexibility index (Phi) is 10.3. The standard InChI is InChI=1S/C19H22Cl2N2O3.ClH/c1-25-18-10-13(19(24)23-9-3-2-8-22)5-7-17(18)26-12-14-4-6-15(20)11-16(14)21;/h4-7,10-11H,2-3,8-9,12,22H2,1H3,(H,23,24);1H. The molecular formula is C19H23Cl3N2O3. The van der Waals surface area contributed by atoms with Crippen LogP contribution in [0.3, 0.4) is 0 Å². The fourth-order valence-corrected chi connectivity index (χ4v) is 2.76. The molecule has 0 fully saturated rings. The second-order valence-corrected chi connectivity index (χ2v) is 6.49. The summed E-state index contributed by atoms with van der Waals surface area (Å²) in [6.07, 6.45) is 1.73. The number of rotatable bonds is 9. The molecular weight excluding hydrogens is 411 g/mol. The molecule has 2 rings (SSSR count). The van der Waals surface area contributed by atoms with Gasteiger partial charge in [-0.05, 0) is 49.7 Å². The van der Waals surface area contributed by atoms with E-state index >= 15 is 0 Å². The minimum absolute atomic E-state index is 0. The first-order valence-electron chi connectivity index (χ1n) is 8.28. The third kappa shape index (κ3) is 7.11. The lowest BCUT2D eigenvalue weighted by Gasteiger charge is -2.13. The van der Waals surface area contributed by atoms with Crippen molar-refractivity contribution in [3.63, 3.8) is 0 Å². The number of nitrogens with one attached hydrogen (secondary N) is 1. The third-order valence-electron chi connectivity index (χ3n) is 3.74.